The van der Waals surface area contributed by atoms with Crippen LogP contribution in [0, 0.1) is 0 Å². The van der Waals surface area contributed by atoms with Crippen LogP contribution in [0.25, 0.3) is 0 Å². The number of hydrogen-bond acceptors (Lipinski definition) is 5. The van der Waals surface area contributed by atoms with E-state index in [-0.39, 0.29) is 10.7 Å². The van der Waals surface area contributed by atoms with E-state index in [4.69, 9.17) is 9.84 Å². The fourth-order valence-corrected chi connectivity index (χ4v) is 2.58. The molecule has 0 spiro atoms. The van der Waals surface area contributed by atoms with Gasteiger partial charge in [0.05, 0.1) is 5.01 Å². The molecule has 7 heteroatoms. The van der Waals surface area contributed by atoms with Crippen LogP contribution in [-0.2, 0) is 4.74 Å². The van der Waals surface area contributed by atoms with Crippen LogP contribution in [0.2, 0.25) is 0 Å². The first-order valence-electron chi connectivity index (χ1n) is 6.00. The predicted molar refractivity (Wildman–Crippen MR) is 70.9 cm³/mol. The summed E-state index contributed by atoms with van der Waals surface area (Å²) in [6.07, 6.45) is 1.39. The Morgan fingerprint density at radius 1 is 1.42 bits per heavy atom. The minimum Gasteiger partial charge on any atom is -0.476 e. The summed E-state index contributed by atoms with van der Waals surface area (Å²) in [5.41, 5.74) is -0.741. The first kappa shape index (κ1) is 13.8. The van der Waals surface area contributed by atoms with Crippen molar-refractivity contribution in [3.8, 4) is 0 Å². The van der Waals surface area contributed by atoms with Crippen molar-refractivity contribution in [2.45, 2.75) is 45.1 Å². The zero-order valence-corrected chi connectivity index (χ0v) is 11.8. The molecule has 1 aliphatic carbocycles. The standard InChI is InChI=1S/C12H16N2O4S/c1-12(2,3)18-11(17)14-9-7(10(15)16)13-8(19-9)6-4-5-6/h6H,4-5H2,1-3H3,(H,14,17)(H,15,16). The molecule has 0 saturated heterocycles. The van der Waals surface area contributed by atoms with Gasteiger partial charge >= 0.3 is 12.1 Å². The molecule has 1 aromatic rings. The maximum Gasteiger partial charge on any atom is 0.412 e. The number of nitrogens with one attached hydrogen (secondary N) is 1. The van der Waals surface area contributed by atoms with E-state index < -0.39 is 17.7 Å². The largest absolute Gasteiger partial charge is 0.476 e. The van der Waals surface area contributed by atoms with Crippen molar-refractivity contribution in [2.24, 2.45) is 0 Å². The molecule has 0 aromatic carbocycles. The van der Waals surface area contributed by atoms with E-state index in [2.05, 4.69) is 10.3 Å². The average molecular weight is 284 g/mol. The van der Waals surface area contributed by atoms with Crippen molar-refractivity contribution in [1.82, 2.24) is 4.98 Å². The summed E-state index contributed by atoms with van der Waals surface area (Å²) in [7, 11) is 0. The van der Waals surface area contributed by atoms with Crippen LogP contribution in [0.5, 0.6) is 0 Å². The third kappa shape index (κ3) is 3.66. The Morgan fingerprint density at radius 3 is 2.53 bits per heavy atom. The SMILES string of the molecule is CC(C)(C)OC(=O)Nc1sc(C2CC2)nc1C(=O)O. The van der Waals surface area contributed by atoms with E-state index in [9.17, 15) is 9.59 Å². The van der Waals surface area contributed by atoms with Gasteiger partial charge in [-0.1, -0.05) is 11.3 Å². The monoisotopic (exact) mass is 284 g/mol. The van der Waals surface area contributed by atoms with Gasteiger partial charge in [-0.25, -0.2) is 14.6 Å². The summed E-state index contributed by atoms with van der Waals surface area (Å²) < 4.78 is 5.10. The number of nitrogens with zero attached hydrogens (tertiary/aromatic N) is 1. The van der Waals surface area contributed by atoms with Gasteiger partial charge in [0.15, 0.2) is 5.69 Å². The summed E-state index contributed by atoms with van der Waals surface area (Å²) in [6.45, 7) is 5.23. The third-order valence-electron chi connectivity index (χ3n) is 2.39. The van der Waals surface area contributed by atoms with E-state index in [1.54, 1.807) is 20.8 Å². The fourth-order valence-electron chi connectivity index (χ4n) is 1.47. The molecule has 104 valence electrons. The fraction of sp³-hybridized carbons (Fsp3) is 0.583. The summed E-state index contributed by atoms with van der Waals surface area (Å²) in [5.74, 6) is -0.800. The lowest BCUT2D eigenvalue weighted by Crippen LogP contribution is -2.27. The zero-order valence-electron chi connectivity index (χ0n) is 11.0. The number of anilines is 1. The lowest BCUT2D eigenvalue weighted by Gasteiger charge is -2.19. The molecule has 1 heterocycles. The topological polar surface area (TPSA) is 88.5 Å². The molecule has 1 fully saturated rings. The van der Waals surface area contributed by atoms with Crippen LogP contribution >= 0.6 is 11.3 Å². The normalized spacial score (nSPS) is 15.1. The van der Waals surface area contributed by atoms with Crippen molar-refractivity contribution >= 4 is 28.4 Å². The molecule has 0 unspecified atom stereocenters. The molecule has 1 saturated carbocycles. The van der Waals surface area contributed by atoms with Gasteiger partial charge in [0, 0.05) is 5.92 Å². The van der Waals surface area contributed by atoms with Crippen LogP contribution in [0.1, 0.15) is 55.0 Å². The Labute approximate surface area is 114 Å². The van der Waals surface area contributed by atoms with Crippen LogP contribution in [0.4, 0.5) is 9.80 Å². The highest BCUT2D eigenvalue weighted by Crippen LogP contribution is 2.44. The van der Waals surface area contributed by atoms with Crippen LogP contribution < -0.4 is 5.32 Å². The summed E-state index contributed by atoms with van der Waals surface area (Å²) in [6, 6.07) is 0. The lowest BCUT2D eigenvalue weighted by atomic mass is 10.2. The first-order chi connectivity index (χ1) is 8.76. The molecule has 0 radical (unpaired) electrons. The third-order valence-corrected chi connectivity index (χ3v) is 3.52. The van der Waals surface area contributed by atoms with Crippen LogP contribution in [-0.4, -0.2) is 27.8 Å². The van der Waals surface area contributed by atoms with Gasteiger partial charge < -0.3 is 9.84 Å². The number of ether oxygens (including phenoxy) is 1. The summed E-state index contributed by atoms with van der Waals surface area (Å²) in [4.78, 5) is 26.8. The Kier molecular flexibility index (Phi) is 3.49. The molecular weight excluding hydrogens is 268 g/mol. The van der Waals surface area contributed by atoms with Crippen molar-refractivity contribution < 1.29 is 19.4 Å². The average Bonchev–Trinajstić information content (AvgIpc) is 2.98. The molecular formula is C12H16N2O4S. The van der Waals surface area contributed by atoms with E-state index in [1.807, 2.05) is 0 Å². The van der Waals surface area contributed by atoms with Crippen LogP contribution in [0.15, 0.2) is 0 Å². The second-order valence-corrected chi connectivity index (χ2v) is 6.47. The second kappa shape index (κ2) is 4.80. The first-order valence-corrected chi connectivity index (χ1v) is 6.82. The molecule has 1 aromatic heterocycles. The number of carbonyl (C=O) groups is 2. The Hall–Kier alpha value is -1.63. The number of aromatic nitrogens is 1. The quantitative estimate of drug-likeness (QED) is 0.890. The minimum atomic E-state index is -1.14. The van der Waals surface area contributed by atoms with Crippen molar-refractivity contribution in [3.05, 3.63) is 10.7 Å². The molecule has 1 amide bonds. The smallest absolute Gasteiger partial charge is 0.412 e. The van der Waals surface area contributed by atoms with E-state index in [1.165, 1.54) is 11.3 Å². The molecule has 0 bridgehead atoms. The maximum absolute atomic E-state index is 11.7. The van der Waals surface area contributed by atoms with Gasteiger partial charge in [-0.3, -0.25) is 5.32 Å². The highest BCUT2D eigenvalue weighted by molar-refractivity contribution is 7.16. The summed E-state index contributed by atoms with van der Waals surface area (Å²) in [5, 5.41) is 12.6. The Bertz CT molecular complexity index is 514. The molecule has 0 aliphatic heterocycles. The maximum atomic E-state index is 11.7. The van der Waals surface area contributed by atoms with Gasteiger partial charge in [0.2, 0.25) is 0 Å². The van der Waals surface area contributed by atoms with E-state index >= 15 is 0 Å². The number of thiazole rings is 1. The van der Waals surface area contributed by atoms with Crippen molar-refractivity contribution in [1.29, 1.82) is 0 Å². The van der Waals surface area contributed by atoms with Gasteiger partial charge in [0.25, 0.3) is 0 Å². The van der Waals surface area contributed by atoms with Gasteiger partial charge in [-0.2, -0.15) is 0 Å². The number of rotatable bonds is 3. The minimum absolute atomic E-state index is 0.113. The number of carboxylic acids is 1. The summed E-state index contributed by atoms with van der Waals surface area (Å²) >= 11 is 1.21. The second-order valence-electron chi connectivity index (χ2n) is 5.44. The Balaban J connectivity index is 2.14. The van der Waals surface area contributed by atoms with Crippen LogP contribution in [0.3, 0.4) is 0 Å². The number of aromatic carboxylic acids is 1. The molecule has 2 N–H and O–H groups in total. The van der Waals surface area contributed by atoms with Gasteiger partial charge in [0.1, 0.15) is 10.6 Å². The number of carbonyl (C=O) groups excluding carboxylic acids is 1. The van der Waals surface area contributed by atoms with E-state index in [0.29, 0.717) is 5.92 Å². The Morgan fingerprint density at radius 2 is 2.05 bits per heavy atom. The lowest BCUT2D eigenvalue weighted by molar-refractivity contribution is 0.0636. The highest BCUT2D eigenvalue weighted by Gasteiger charge is 2.30. The zero-order chi connectivity index (χ0) is 14.2. The van der Waals surface area contributed by atoms with E-state index in [0.717, 1.165) is 17.8 Å². The van der Waals surface area contributed by atoms with Gasteiger partial charge in [-0.15, -0.1) is 0 Å². The molecule has 19 heavy (non-hydrogen) atoms. The van der Waals surface area contributed by atoms with Gasteiger partial charge in [-0.05, 0) is 33.6 Å². The van der Waals surface area contributed by atoms with Crippen molar-refractivity contribution in [3.63, 3.8) is 0 Å². The number of hydrogen-bond donors (Lipinski definition) is 2. The number of amides is 1. The van der Waals surface area contributed by atoms with Crippen molar-refractivity contribution in [2.75, 3.05) is 5.32 Å². The molecule has 6 nitrogen and oxygen atoms in total. The molecule has 1 aliphatic rings. The highest BCUT2D eigenvalue weighted by atomic mass is 32.1. The predicted octanol–water partition coefficient (Wildman–Crippen LogP) is 3.07. The number of carboxylic acid groups (broad SMARTS) is 1. The molecule has 0 atom stereocenters. The molecule has 2 rings (SSSR count).